The van der Waals surface area contributed by atoms with Crippen molar-refractivity contribution in [1.29, 1.82) is 5.26 Å². The average molecular weight is 514 g/mol. The first-order chi connectivity index (χ1) is 18.6. The molecule has 2 N–H and O–H groups in total. The highest BCUT2D eigenvalue weighted by Gasteiger charge is 2.31. The molecule has 3 aromatic rings. The SMILES string of the molecule is CN1CCCC1COc1nc2c(c(N3CCNC(CC#N)C3)n1)CN(Cc1c(O)ccc3ccccc13)C2. The van der Waals surface area contributed by atoms with E-state index in [-0.39, 0.29) is 6.04 Å². The summed E-state index contributed by atoms with van der Waals surface area (Å²) in [6.45, 7) is 6.02. The number of nitriles is 1. The topological polar surface area (TPSA) is 101 Å². The Morgan fingerprint density at radius 1 is 1.16 bits per heavy atom. The third kappa shape index (κ3) is 4.99. The van der Waals surface area contributed by atoms with Crippen molar-refractivity contribution in [3.8, 4) is 17.8 Å². The molecule has 6 rings (SSSR count). The zero-order valence-electron chi connectivity index (χ0n) is 21.9. The minimum Gasteiger partial charge on any atom is -0.508 e. The summed E-state index contributed by atoms with van der Waals surface area (Å²) < 4.78 is 6.20. The molecule has 1 aromatic heterocycles. The Balaban J connectivity index is 1.28. The van der Waals surface area contributed by atoms with E-state index in [1.807, 2.05) is 18.2 Å². The highest BCUT2D eigenvalue weighted by Crippen LogP contribution is 2.35. The van der Waals surface area contributed by atoms with E-state index in [2.05, 4.69) is 45.3 Å². The molecule has 0 radical (unpaired) electrons. The number of nitrogens with zero attached hydrogens (tertiary/aromatic N) is 6. The summed E-state index contributed by atoms with van der Waals surface area (Å²) in [6.07, 6.45) is 2.79. The average Bonchev–Trinajstić information content (AvgIpc) is 3.54. The monoisotopic (exact) mass is 513 g/mol. The van der Waals surface area contributed by atoms with Crippen molar-refractivity contribution >= 4 is 16.6 Å². The Kier molecular flexibility index (Phi) is 7.02. The van der Waals surface area contributed by atoms with Gasteiger partial charge in [-0.2, -0.15) is 15.2 Å². The molecule has 2 aromatic carbocycles. The molecule has 0 amide bonds. The number of likely N-dealkylation sites (tertiary alicyclic amines) is 1. The van der Waals surface area contributed by atoms with Gasteiger partial charge < -0.3 is 25.0 Å². The molecule has 0 bridgehead atoms. The van der Waals surface area contributed by atoms with Gasteiger partial charge in [-0.25, -0.2) is 0 Å². The fourth-order valence-electron chi connectivity index (χ4n) is 6.06. The molecule has 3 aliphatic heterocycles. The van der Waals surface area contributed by atoms with Gasteiger partial charge in [0.05, 0.1) is 18.2 Å². The van der Waals surface area contributed by atoms with Gasteiger partial charge in [0.25, 0.3) is 0 Å². The molecule has 4 heterocycles. The Morgan fingerprint density at radius 2 is 2.05 bits per heavy atom. The molecule has 2 fully saturated rings. The van der Waals surface area contributed by atoms with Crippen LogP contribution >= 0.6 is 0 Å². The van der Waals surface area contributed by atoms with Crippen molar-refractivity contribution in [1.82, 2.24) is 25.1 Å². The number of fused-ring (bicyclic) bond motifs is 2. The zero-order valence-corrected chi connectivity index (χ0v) is 21.9. The van der Waals surface area contributed by atoms with Crippen molar-refractivity contribution in [2.45, 2.75) is 51.0 Å². The number of hydrogen-bond acceptors (Lipinski definition) is 9. The van der Waals surface area contributed by atoms with Crippen molar-refractivity contribution < 1.29 is 9.84 Å². The fraction of sp³-hybridized carbons (Fsp3) is 0.483. The maximum absolute atomic E-state index is 10.7. The normalized spacial score (nSPS) is 22.1. The van der Waals surface area contributed by atoms with Crippen molar-refractivity contribution in [3.05, 3.63) is 53.2 Å². The Hall–Kier alpha value is -3.45. The second kappa shape index (κ2) is 10.7. The van der Waals surface area contributed by atoms with Crippen molar-refractivity contribution in [2.75, 3.05) is 44.7 Å². The van der Waals surface area contributed by atoms with E-state index in [0.717, 1.165) is 66.0 Å². The van der Waals surface area contributed by atoms with Gasteiger partial charge in [-0.05, 0) is 43.3 Å². The van der Waals surface area contributed by atoms with E-state index in [0.29, 0.717) is 50.5 Å². The lowest BCUT2D eigenvalue weighted by molar-refractivity contribution is 0.187. The predicted octanol–water partition coefficient (Wildman–Crippen LogP) is 3.02. The number of ether oxygens (including phenoxy) is 1. The predicted molar refractivity (Wildman–Crippen MR) is 146 cm³/mol. The van der Waals surface area contributed by atoms with Gasteiger partial charge in [0.2, 0.25) is 0 Å². The second-order valence-corrected chi connectivity index (χ2v) is 10.7. The summed E-state index contributed by atoms with van der Waals surface area (Å²) in [5.41, 5.74) is 3.04. The lowest BCUT2D eigenvalue weighted by atomic mass is 10.0. The number of phenols is 1. The third-order valence-electron chi connectivity index (χ3n) is 8.17. The molecule has 2 saturated heterocycles. The van der Waals surface area contributed by atoms with Crippen LogP contribution < -0.4 is 15.0 Å². The van der Waals surface area contributed by atoms with E-state index >= 15 is 0 Å². The van der Waals surface area contributed by atoms with Crippen molar-refractivity contribution in [3.63, 3.8) is 0 Å². The highest BCUT2D eigenvalue weighted by molar-refractivity contribution is 5.87. The largest absolute Gasteiger partial charge is 0.508 e. The maximum atomic E-state index is 10.7. The van der Waals surface area contributed by atoms with E-state index in [4.69, 9.17) is 14.7 Å². The smallest absolute Gasteiger partial charge is 0.318 e. The van der Waals surface area contributed by atoms with Crippen LogP contribution in [-0.2, 0) is 19.6 Å². The molecule has 2 atom stereocenters. The van der Waals surface area contributed by atoms with Crippen LogP contribution in [0.2, 0.25) is 0 Å². The number of anilines is 1. The van der Waals surface area contributed by atoms with Crippen LogP contribution in [0, 0.1) is 11.3 Å². The van der Waals surface area contributed by atoms with Gasteiger partial charge in [0.1, 0.15) is 18.2 Å². The molecule has 0 saturated carbocycles. The van der Waals surface area contributed by atoms with E-state index < -0.39 is 0 Å². The van der Waals surface area contributed by atoms with E-state index in [1.165, 1.54) is 6.42 Å². The lowest BCUT2D eigenvalue weighted by Gasteiger charge is -2.34. The molecule has 9 nitrogen and oxygen atoms in total. The Labute approximate surface area is 223 Å². The molecule has 2 unspecified atom stereocenters. The quantitative estimate of drug-likeness (QED) is 0.494. The van der Waals surface area contributed by atoms with Crippen LogP contribution in [-0.4, -0.2) is 76.8 Å². The number of rotatable bonds is 7. The van der Waals surface area contributed by atoms with Gasteiger partial charge in [0, 0.05) is 62.5 Å². The van der Waals surface area contributed by atoms with Crippen LogP contribution in [0.4, 0.5) is 5.82 Å². The van der Waals surface area contributed by atoms with Crippen molar-refractivity contribution in [2.24, 2.45) is 0 Å². The summed E-state index contributed by atoms with van der Waals surface area (Å²) in [7, 11) is 2.15. The van der Waals surface area contributed by atoms with E-state index in [1.54, 1.807) is 6.07 Å². The summed E-state index contributed by atoms with van der Waals surface area (Å²) in [5, 5.41) is 25.6. The molecular formula is C29H35N7O2. The number of piperazine rings is 1. The number of likely N-dealkylation sites (N-methyl/N-ethyl adjacent to an activating group) is 1. The molecule has 198 valence electrons. The number of phenolic OH excluding ortho intramolecular Hbond substituents is 1. The molecule has 9 heteroatoms. The number of benzene rings is 2. The standard InChI is InChI=1S/C29H35N7O2/c1-34-13-4-6-22(34)19-38-29-32-26-18-35(16-24-23-7-3-2-5-20(23)8-9-27(24)37)17-25(26)28(33-29)36-14-12-31-21(15-36)10-11-30/h2-3,5,7-9,21-22,31,37H,4,6,10,12-19H2,1H3. The van der Waals surface area contributed by atoms with Crippen LogP contribution in [0.25, 0.3) is 10.8 Å². The molecule has 38 heavy (non-hydrogen) atoms. The molecule has 0 aliphatic carbocycles. The van der Waals surface area contributed by atoms with Gasteiger partial charge in [0.15, 0.2) is 0 Å². The number of aromatic nitrogens is 2. The third-order valence-corrected chi connectivity index (χ3v) is 8.17. The van der Waals surface area contributed by atoms with Crippen LogP contribution in [0.1, 0.15) is 36.1 Å². The Bertz CT molecular complexity index is 1360. The first-order valence-electron chi connectivity index (χ1n) is 13.6. The van der Waals surface area contributed by atoms with Gasteiger partial charge in [-0.1, -0.05) is 30.3 Å². The summed E-state index contributed by atoms with van der Waals surface area (Å²) in [4.78, 5) is 16.8. The van der Waals surface area contributed by atoms with Gasteiger partial charge in [-0.15, -0.1) is 0 Å². The van der Waals surface area contributed by atoms with E-state index in [9.17, 15) is 10.4 Å². The second-order valence-electron chi connectivity index (χ2n) is 10.7. The number of nitrogens with one attached hydrogen (secondary N) is 1. The first kappa shape index (κ1) is 24.9. The summed E-state index contributed by atoms with van der Waals surface area (Å²) in [5.74, 6) is 1.23. The minimum absolute atomic E-state index is 0.112. The summed E-state index contributed by atoms with van der Waals surface area (Å²) in [6, 6.07) is 15.2. The molecule has 0 spiro atoms. The molecular weight excluding hydrogens is 478 g/mol. The van der Waals surface area contributed by atoms with Gasteiger partial charge in [-0.3, -0.25) is 4.90 Å². The molecule has 3 aliphatic rings. The highest BCUT2D eigenvalue weighted by atomic mass is 16.5. The maximum Gasteiger partial charge on any atom is 0.318 e. The van der Waals surface area contributed by atoms with Crippen LogP contribution in [0.5, 0.6) is 11.8 Å². The first-order valence-corrected chi connectivity index (χ1v) is 13.6. The minimum atomic E-state index is 0.112. The van der Waals surface area contributed by atoms with Crippen LogP contribution in [0.15, 0.2) is 36.4 Å². The van der Waals surface area contributed by atoms with Crippen LogP contribution in [0.3, 0.4) is 0 Å². The zero-order chi connectivity index (χ0) is 26.1. The lowest BCUT2D eigenvalue weighted by Crippen LogP contribution is -2.51. The number of hydrogen-bond donors (Lipinski definition) is 2. The fourth-order valence-corrected chi connectivity index (χ4v) is 6.06. The Morgan fingerprint density at radius 3 is 2.89 bits per heavy atom. The number of aromatic hydroxyl groups is 1. The van der Waals surface area contributed by atoms with Gasteiger partial charge >= 0.3 is 6.01 Å². The summed E-state index contributed by atoms with van der Waals surface area (Å²) >= 11 is 0.